The molecule has 0 radical (unpaired) electrons. The van der Waals surface area contributed by atoms with Gasteiger partial charge in [-0.05, 0) is 62.4 Å². The number of hydrogen-bond donors (Lipinski definition) is 3. The molecule has 1 saturated heterocycles. The fraction of sp³-hybridized carbons (Fsp3) is 0.452. The normalized spacial score (nSPS) is 19.2. The van der Waals surface area contributed by atoms with Crippen molar-refractivity contribution in [2.45, 2.75) is 57.5 Å². The number of halogens is 3. The third kappa shape index (κ3) is 7.98. The van der Waals surface area contributed by atoms with E-state index in [2.05, 4.69) is 15.0 Å². The number of carboxylic acids is 1. The van der Waals surface area contributed by atoms with Crippen molar-refractivity contribution in [1.82, 2.24) is 10.3 Å². The molecule has 3 aromatic rings. The van der Waals surface area contributed by atoms with Gasteiger partial charge < -0.3 is 30.2 Å². The number of hydrogen-bond acceptors (Lipinski definition) is 9. The van der Waals surface area contributed by atoms with E-state index in [-0.39, 0.29) is 41.7 Å². The smallest absolute Gasteiger partial charge is 0.480 e. The Morgan fingerprint density at radius 3 is 2.62 bits per heavy atom. The van der Waals surface area contributed by atoms with Gasteiger partial charge in [-0.15, -0.1) is 13.2 Å². The van der Waals surface area contributed by atoms with Crippen LogP contribution >= 0.6 is 11.3 Å². The molecule has 10 nitrogen and oxygen atoms in total. The second-order valence-corrected chi connectivity index (χ2v) is 12.2. The average Bonchev–Trinajstić information content (AvgIpc) is 3.77. The quantitative estimate of drug-likeness (QED) is 0.209. The van der Waals surface area contributed by atoms with Crippen molar-refractivity contribution in [3.05, 3.63) is 53.6 Å². The number of amides is 1. The van der Waals surface area contributed by atoms with E-state index in [1.54, 1.807) is 18.2 Å². The number of nitrogens with one attached hydrogen (secondary N) is 2. The Bertz CT molecular complexity index is 1590. The molecule has 2 heterocycles. The minimum Gasteiger partial charge on any atom is -0.480 e. The van der Waals surface area contributed by atoms with Crippen LogP contribution in [-0.2, 0) is 14.3 Å². The molecule has 1 amide bonds. The number of carbonyl (C=O) groups excluding carboxylic acids is 2. The fourth-order valence-electron chi connectivity index (χ4n) is 5.52. The average molecular weight is 647 g/mol. The number of fused-ring (bicyclic) bond motifs is 1. The van der Waals surface area contributed by atoms with Gasteiger partial charge in [0.15, 0.2) is 5.13 Å². The van der Waals surface area contributed by atoms with Gasteiger partial charge in [0, 0.05) is 29.6 Å². The van der Waals surface area contributed by atoms with Gasteiger partial charge in [0.2, 0.25) is 0 Å². The number of aromatic nitrogens is 1. The maximum Gasteiger partial charge on any atom is 0.573 e. The summed E-state index contributed by atoms with van der Waals surface area (Å²) >= 11 is 1.43. The molecule has 14 heteroatoms. The Morgan fingerprint density at radius 2 is 1.93 bits per heavy atom. The molecule has 0 bridgehead atoms. The molecule has 3 N–H and O–H groups in total. The molecule has 240 valence electrons. The number of carboxylic acid groups (broad SMARTS) is 1. The first kappa shape index (κ1) is 32.4. The third-order valence-corrected chi connectivity index (χ3v) is 9.05. The van der Waals surface area contributed by atoms with E-state index in [1.165, 1.54) is 29.5 Å². The van der Waals surface area contributed by atoms with Crippen LogP contribution in [0.2, 0.25) is 0 Å². The van der Waals surface area contributed by atoms with Gasteiger partial charge in [-0.3, -0.25) is 14.4 Å². The molecule has 1 aliphatic carbocycles. The molecule has 3 unspecified atom stereocenters. The molecule has 2 aliphatic rings. The molecule has 2 fully saturated rings. The van der Waals surface area contributed by atoms with Crippen molar-refractivity contribution in [2.75, 3.05) is 24.6 Å². The Labute approximate surface area is 261 Å². The van der Waals surface area contributed by atoms with E-state index in [0.29, 0.717) is 43.3 Å². The Balaban J connectivity index is 1.26. The molecule has 1 aromatic heterocycles. The lowest BCUT2D eigenvalue weighted by Gasteiger charge is -2.39. The highest BCUT2D eigenvalue weighted by Crippen LogP contribution is 2.37. The van der Waals surface area contributed by atoms with Gasteiger partial charge in [-0.1, -0.05) is 30.4 Å². The predicted octanol–water partition coefficient (Wildman–Crippen LogP) is 5.44. The van der Waals surface area contributed by atoms with Gasteiger partial charge in [0.1, 0.15) is 18.1 Å². The number of piperidine rings is 1. The zero-order valence-electron chi connectivity index (χ0n) is 24.4. The highest BCUT2D eigenvalue weighted by Gasteiger charge is 2.40. The number of thiazole rings is 1. The fourth-order valence-corrected chi connectivity index (χ4v) is 6.62. The number of ketones is 1. The van der Waals surface area contributed by atoms with Crippen LogP contribution in [0.4, 0.5) is 18.3 Å². The van der Waals surface area contributed by atoms with Gasteiger partial charge in [-0.25, -0.2) is 4.98 Å². The summed E-state index contributed by atoms with van der Waals surface area (Å²) in [4.78, 5) is 43.3. The number of benzene rings is 2. The van der Waals surface area contributed by atoms with Crippen LogP contribution < -0.4 is 15.0 Å². The van der Waals surface area contributed by atoms with Crippen LogP contribution in [0.25, 0.3) is 10.2 Å². The zero-order chi connectivity index (χ0) is 32.3. The van der Waals surface area contributed by atoms with Crippen LogP contribution in [-0.4, -0.2) is 71.7 Å². The van der Waals surface area contributed by atoms with Crippen LogP contribution in [0.3, 0.4) is 0 Å². The summed E-state index contributed by atoms with van der Waals surface area (Å²) in [7, 11) is 0. The first-order valence-corrected chi connectivity index (χ1v) is 15.5. The summed E-state index contributed by atoms with van der Waals surface area (Å²) in [5, 5.41) is 20.7. The molecule has 2 aromatic carbocycles. The van der Waals surface area contributed by atoms with Crippen LogP contribution in [0, 0.1) is 17.2 Å². The molecular weight excluding hydrogens is 613 g/mol. The summed E-state index contributed by atoms with van der Waals surface area (Å²) in [5.41, 5.74) is 0.720. The lowest BCUT2D eigenvalue weighted by molar-refractivity contribution is -0.274. The number of carbonyl (C=O) groups is 3. The van der Waals surface area contributed by atoms with Crippen LogP contribution in [0.1, 0.15) is 54.9 Å². The summed E-state index contributed by atoms with van der Waals surface area (Å²) in [6, 6.07) is 10.5. The second-order valence-electron chi connectivity index (χ2n) is 11.2. The number of para-hydroxylation sites is 1. The summed E-state index contributed by atoms with van der Waals surface area (Å²) in [6.07, 6.45) is -1.77. The van der Waals surface area contributed by atoms with Crippen molar-refractivity contribution in [1.29, 1.82) is 5.41 Å². The molecule has 1 saturated carbocycles. The number of alkyl halides is 3. The van der Waals surface area contributed by atoms with Crippen molar-refractivity contribution in [3.8, 4) is 5.75 Å². The molecular formula is C31H33F3N4O6S. The standard InChI is InChI=1S/C31H33F3N4O6S/c1-2-19-14-20(11-12-38(19)30-37-23-10-9-18(13-25(23)45-30)29(42)36-15-26(39)40)43-16-22(28(41)17-7-8-17)27(35)21-5-3-4-6-24(21)44-31(32,33)34/h3-6,9-10,13,17,19-20,22,35H,2,7-8,11-12,14-16H2,1H3,(H,36,42)(H,39,40). The van der Waals surface area contributed by atoms with Gasteiger partial charge in [-0.2, -0.15) is 0 Å². The number of rotatable bonds is 13. The first-order chi connectivity index (χ1) is 21.4. The van der Waals surface area contributed by atoms with E-state index < -0.39 is 36.5 Å². The van der Waals surface area contributed by atoms with Crippen molar-refractivity contribution in [3.63, 3.8) is 0 Å². The maximum atomic E-state index is 13.2. The molecule has 0 spiro atoms. The minimum absolute atomic E-state index is 0.0561. The summed E-state index contributed by atoms with van der Waals surface area (Å²) in [5.74, 6) is -3.57. The van der Waals surface area contributed by atoms with Gasteiger partial charge in [0.05, 0.1) is 34.6 Å². The van der Waals surface area contributed by atoms with Crippen molar-refractivity contribution < 1.29 is 42.1 Å². The van der Waals surface area contributed by atoms with Crippen molar-refractivity contribution in [2.24, 2.45) is 11.8 Å². The SMILES string of the molecule is CCC1CC(OCC(C(=N)c2ccccc2OC(F)(F)F)C(=O)C2CC2)CCN1c1nc2ccc(C(=O)NCC(=O)O)cc2s1. The third-order valence-electron chi connectivity index (χ3n) is 8.00. The predicted molar refractivity (Wildman–Crippen MR) is 161 cm³/mol. The Morgan fingerprint density at radius 1 is 1.18 bits per heavy atom. The van der Waals surface area contributed by atoms with E-state index in [0.717, 1.165) is 22.3 Å². The number of Topliss-reactive ketones (excluding diaryl/α,β-unsaturated/α-hetero) is 1. The molecule has 1 aliphatic heterocycles. The minimum atomic E-state index is -4.94. The Hall–Kier alpha value is -4.04. The first-order valence-electron chi connectivity index (χ1n) is 14.7. The number of nitrogens with zero attached hydrogens (tertiary/aromatic N) is 2. The lowest BCUT2D eigenvalue weighted by Crippen LogP contribution is -2.45. The maximum absolute atomic E-state index is 13.2. The second kappa shape index (κ2) is 13.5. The lowest BCUT2D eigenvalue weighted by atomic mass is 9.90. The van der Waals surface area contributed by atoms with E-state index in [4.69, 9.17) is 20.2 Å². The number of anilines is 1. The number of aliphatic carboxylic acids is 1. The highest BCUT2D eigenvalue weighted by atomic mass is 32.1. The summed E-state index contributed by atoms with van der Waals surface area (Å²) in [6.45, 7) is 2.07. The van der Waals surface area contributed by atoms with Gasteiger partial charge >= 0.3 is 12.3 Å². The molecule has 45 heavy (non-hydrogen) atoms. The summed E-state index contributed by atoms with van der Waals surface area (Å²) < 4.78 is 50.3. The molecule has 5 rings (SSSR count). The van der Waals surface area contributed by atoms with Crippen LogP contribution in [0.5, 0.6) is 5.75 Å². The number of ether oxygens (including phenoxy) is 2. The molecule has 3 atom stereocenters. The van der Waals surface area contributed by atoms with E-state index >= 15 is 0 Å². The Kier molecular flexibility index (Phi) is 9.73. The zero-order valence-corrected chi connectivity index (χ0v) is 25.2. The highest BCUT2D eigenvalue weighted by molar-refractivity contribution is 7.22. The van der Waals surface area contributed by atoms with E-state index in [1.807, 2.05) is 6.92 Å². The van der Waals surface area contributed by atoms with Gasteiger partial charge in [0.25, 0.3) is 5.91 Å². The topological polar surface area (TPSA) is 142 Å². The van der Waals surface area contributed by atoms with E-state index in [9.17, 15) is 27.6 Å². The van der Waals surface area contributed by atoms with Crippen LogP contribution in [0.15, 0.2) is 42.5 Å². The van der Waals surface area contributed by atoms with Crippen molar-refractivity contribution >= 4 is 50.1 Å². The largest absolute Gasteiger partial charge is 0.573 e. The monoisotopic (exact) mass is 646 g/mol.